The van der Waals surface area contributed by atoms with E-state index in [4.69, 9.17) is 0 Å². The van der Waals surface area contributed by atoms with Gasteiger partial charge >= 0.3 is 0 Å². The molecule has 0 bridgehead atoms. The van der Waals surface area contributed by atoms with Crippen LogP contribution >= 0.6 is 0 Å². The Kier molecular flexibility index (Phi) is 6.69. The average molecular weight is 414 g/mol. The summed E-state index contributed by atoms with van der Waals surface area (Å²) < 4.78 is 27.1. The van der Waals surface area contributed by atoms with Gasteiger partial charge in [0.25, 0.3) is 10.0 Å². The third kappa shape index (κ3) is 5.03. The van der Waals surface area contributed by atoms with Crippen molar-refractivity contribution in [1.82, 2.24) is 10.0 Å². The van der Waals surface area contributed by atoms with Crippen molar-refractivity contribution < 1.29 is 13.2 Å². The highest BCUT2D eigenvalue weighted by Crippen LogP contribution is 2.23. The smallest absolute Gasteiger partial charge is 0.263 e. The van der Waals surface area contributed by atoms with Gasteiger partial charge < -0.3 is 5.32 Å². The van der Waals surface area contributed by atoms with Crippen molar-refractivity contribution in [3.05, 3.63) is 65.2 Å². The molecule has 0 radical (unpaired) electrons. The van der Waals surface area contributed by atoms with Gasteiger partial charge in [-0.2, -0.15) is 0 Å². The molecule has 0 fully saturated rings. The predicted octanol–water partition coefficient (Wildman–Crippen LogP) is 2.95. The fourth-order valence-electron chi connectivity index (χ4n) is 3.37. The minimum Gasteiger partial charge on any atom is -0.354 e. The van der Waals surface area contributed by atoms with Crippen LogP contribution in [-0.4, -0.2) is 32.7 Å². The molecule has 0 spiro atoms. The lowest BCUT2D eigenvalue weighted by Crippen LogP contribution is -2.36. The molecule has 0 saturated heterocycles. The molecule has 1 aliphatic rings. The number of aliphatic imine (C=N–C) groups is 1. The third-order valence-electron chi connectivity index (χ3n) is 5.04. The van der Waals surface area contributed by atoms with Gasteiger partial charge in [0.15, 0.2) is 0 Å². The van der Waals surface area contributed by atoms with Crippen LogP contribution in [0.25, 0.3) is 0 Å². The van der Waals surface area contributed by atoms with Crippen molar-refractivity contribution >= 4 is 21.8 Å². The maximum Gasteiger partial charge on any atom is 0.263 e. The number of amides is 1. The molecular formula is C22H27N3O3S. The molecule has 154 valence electrons. The summed E-state index contributed by atoms with van der Waals surface area (Å²) in [6.07, 6.45) is 3.08. The first kappa shape index (κ1) is 21.0. The van der Waals surface area contributed by atoms with Gasteiger partial charge in [0, 0.05) is 12.1 Å². The molecular weight excluding hydrogens is 386 g/mol. The lowest BCUT2D eigenvalue weighted by molar-refractivity contribution is -0.122. The van der Waals surface area contributed by atoms with Crippen LogP contribution in [0.4, 0.5) is 0 Å². The number of nitrogens with zero attached hydrogens (tertiary/aromatic N) is 1. The van der Waals surface area contributed by atoms with Crippen LogP contribution in [0.15, 0.2) is 58.4 Å². The lowest BCUT2D eigenvalue weighted by Gasteiger charge is -2.14. The summed E-state index contributed by atoms with van der Waals surface area (Å²) >= 11 is 0. The monoisotopic (exact) mass is 413 g/mol. The van der Waals surface area contributed by atoms with Crippen LogP contribution in [-0.2, 0) is 21.2 Å². The SMILES string of the molecule is CCCCC(N=C1NS(=O)(=O)c2ccccc21)C(=O)NCCc1ccccc1C. The highest BCUT2D eigenvalue weighted by atomic mass is 32.2. The Balaban J connectivity index is 1.73. The van der Waals surface area contributed by atoms with Gasteiger partial charge in [0.1, 0.15) is 11.9 Å². The molecule has 1 amide bonds. The minimum atomic E-state index is -3.62. The number of hydrogen-bond acceptors (Lipinski definition) is 4. The van der Waals surface area contributed by atoms with Crippen molar-refractivity contribution in [2.45, 2.75) is 50.5 Å². The number of hydrogen-bond donors (Lipinski definition) is 2. The first-order valence-electron chi connectivity index (χ1n) is 9.94. The minimum absolute atomic E-state index is 0.178. The second-order valence-corrected chi connectivity index (χ2v) is 8.86. The van der Waals surface area contributed by atoms with Crippen LogP contribution in [0.1, 0.15) is 42.9 Å². The number of aryl methyl sites for hydroxylation is 1. The summed E-state index contributed by atoms with van der Waals surface area (Å²) in [5, 5.41) is 2.96. The Bertz CT molecular complexity index is 1020. The van der Waals surface area contributed by atoms with Crippen molar-refractivity contribution in [2.24, 2.45) is 4.99 Å². The summed E-state index contributed by atoms with van der Waals surface area (Å²) in [6, 6.07) is 14.2. The molecule has 2 aromatic carbocycles. The zero-order chi connectivity index (χ0) is 20.9. The van der Waals surface area contributed by atoms with Crippen molar-refractivity contribution in [1.29, 1.82) is 0 Å². The van der Waals surface area contributed by atoms with Gasteiger partial charge in [-0.25, -0.2) is 8.42 Å². The van der Waals surface area contributed by atoms with E-state index in [0.29, 0.717) is 18.5 Å². The fraction of sp³-hybridized carbons (Fsp3) is 0.364. The number of fused-ring (bicyclic) bond motifs is 1. The number of nitrogens with one attached hydrogen (secondary N) is 2. The van der Waals surface area contributed by atoms with E-state index in [9.17, 15) is 13.2 Å². The quantitative estimate of drug-likeness (QED) is 0.697. The summed E-state index contributed by atoms with van der Waals surface area (Å²) in [4.78, 5) is 17.5. The van der Waals surface area contributed by atoms with E-state index in [1.54, 1.807) is 24.3 Å². The topological polar surface area (TPSA) is 87.6 Å². The molecule has 2 N–H and O–H groups in total. The number of sulfonamides is 1. The zero-order valence-electron chi connectivity index (χ0n) is 16.8. The molecule has 3 rings (SSSR count). The first-order chi connectivity index (χ1) is 13.9. The maximum absolute atomic E-state index is 12.8. The summed E-state index contributed by atoms with van der Waals surface area (Å²) in [5.41, 5.74) is 2.91. The molecule has 0 saturated carbocycles. The Hall–Kier alpha value is -2.67. The molecule has 6 nitrogen and oxygen atoms in total. The van der Waals surface area contributed by atoms with Gasteiger partial charge in [-0.05, 0) is 43.0 Å². The van der Waals surface area contributed by atoms with Crippen molar-refractivity contribution in [3.8, 4) is 0 Å². The number of carbonyl (C=O) groups excluding carboxylic acids is 1. The van der Waals surface area contributed by atoms with Crippen LogP contribution in [0.2, 0.25) is 0 Å². The van der Waals surface area contributed by atoms with E-state index in [1.807, 2.05) is 19.1 Å². The molecule has 1 unspecified atom stereocenters. The van der Waals surface area contributed by atoms with E-state index in [2.05, 4.69) is 34.1 Å². The highest BCUT2D eigenvalue weighted by Gasteiger charge is 2.31. The normalized spacial score (nSPS) is 16.8. The van der Waals surface area contributed by atoms with E-state index in [1.165, 1.54) is 11.1 Å². The molecule has 1 heterocycles. The van der Waals surface area contributed by atoms with E-state index < -0.39 is 16.1 Å². The number of rotatable bonds is 8. The number of carbonyl (C=O) groups is 1. The highest BCUT2D eigenvalue weighted by molar-refractivity contribution is 7.90. The molecule has 2 aromatic rings. The fourth-order valence-corrected chi connectivity index (χ4v) is 4.61. The maximum atomic E-state index is 12.8. The van der Waals surface area contributed by atoms with Crippen LogP contribution in [0, 0.1) is 6.92 Å². The Labute approximate surface area is 172 Å². The molecule has 1 atom stereocenters. The molecule has 0 aliphatic carbocycles. The summed E-state index contributed by atoms with van der Waals surface area (Å²) in [5.74, 6) is 0.0684. The standard InChI is InChI=1S/C22H27N3O3S/c1-3-4-12-19(22(26)23-15-14-17-10-6-5-9-16(17)2)24-21-18-11-7-8-13-20(18)29(27,28)25-21/h5-11,13,19H,3-4,12,14-15H2,1-2H3,(H,23,26)(H,24,25). The van der Waals surface area contributed by atoms with Gasteiger partial charge in [0.2, 0.25) is 5.91 Å². The first-order valence-corrected chi connectivity index (χ1v) is 11.4. The van der Waals surface area contributed by atoms with Gasteiger partial charge in [-0.15, -0.1) is 0 Å². The van der Waals surface area contributed by atoms with Crippen LogP contribution in [0.3, 0.4) is 0 Å². The molecule has 29 heavy (non-hydrogen) atoms. The lowest BCUT2D eigenvalue weighted by atomic mass is 10.1. The Morgan fingerprint density at radius 1 is 1.14 bits per heavy atom. The number of benzene rings is 2. The van der Waals surface area contributed by atoms with Crippen LogP contribution in [0.5, 0.6) is 0 Å². The Morgan fingerprint density at radius 3 is 2.62 bits per heavy atom. The second-order valence-electron chi connectivity index (χ2n) is 7.20. The molecule has 7 heteroatoms. The number of unbranched alkanes of at least 4 members (excludes halogenated alkanes) is 1. The van der Waals surface area contributed by atoms with E-state index >= 15 is 0 Å². The Morgan fingerprint density at radius 2 is 1.86 bits per heavy atom. The molecule has 0 aromatic heterocycles. The van der Waals surface area contributed by atoms with Crippen molar-refractivity contribution in [2.75, 3.05) is 6.54 Å². The van der Waals surface area contributed by atoms with E-state index in [-0.39, 0.29) is 16.6 Å². The van der Waals surface area contributed by atoms with Gasteiger partial charge in [-0.3, -0.25) is 14.5 Å². The predicted molar refractivity (Wildman–Crippen MR) is 115 cm³/mol. The van der Waals surface area contributed by atoms with Crippen molar-refractivity contribution in [3.63, 3.8) is 0 Å². The zero-order valence-corrected chi connectivity index (χ0v) is 17.6. The second kappa shape index (κ2) is 9.22. The third-order valence-corrected chi connectivity index (χ3v) is 6.43. The summed E-state index contributed by atoms with van der Waals surface area (Å²) in [6.45, 7) is 4.62. The van der Waals surface area contributed by atoms with Crippen LogP contribution < -0.4 is 10.0 Å². The van der Waals surface area contributed by atoms with Gasteiger partial charge in [0.05, 0.1) is 4.90 Å². The largest absolute Gasteiger partial charge is 0.354 e. The summed E-state index contributed by atoms with van der Waals surface area (Å²) in [7, 11) is -3.62. The van der Waals surface area contributed by atoms with Gasteiger partial charge in [-0.1, -0.05) is 56.2 Å². The average Bonchev–Trinajstić information content (AvgIpc) is 2.97. The molecule has 1 aliphatic heterocycles. The van der Waals surface area contributed by atoms with E-state index in [0.717, 1.165) is 19.3 Å². The number of amidine groups is 1.